The Kier molecular flexibility index (Phi) is 3.78. The molecule has 3 rings (SSSR count). The molecular weight excluding hydrogens is 314 g/mol. The number of hydrogen-bond donors (Lipinski definition) is 2. The zero-order valence-electron chi connectivity index (χ0n) is 10.8. The van der Waals surface area contributed by atoms with E-state index in [2.05, 4.69) is 56.7 Å². The second-order valence-corrected chi connectivity index (χ2v) is 5.43. The summed E-state index contributed by atoms with van der Waals surface area (Å²) in [6.45, 7) is 0. The zero-order chi connectivity index (χ0) is 13.9. The SMILES string of the molecule is NNC(c1ccc2ccccc2c1)c1ncccc1Br. The van der Waals surface area contributed by atoms with Gasteiger partial charge in [-0.3, -0.25) is 10.8 Å². The molecule has 3 nitrogen and oxygen atoms in total. The fraction of sp³-hybridized carbons (Fsp3) is 0.0625. The Bertz CT molecular complexity index is 742. The van der Waals surface area contributed by atoms with E-state index in [1.807, 2.05) is 24.3 Å². The average Bonchev–Trinajstić information content (AvgIpc) is 2.50. The van der Waals surface area contributed by atoms with E-state index in [9.17, 15) is 0 Å². The maximum atomic E-state index is 5.74. The van der Waals surface area contributed by atoms with Crippen molar-refractivity contribution in [2.75, 3.05) is 0 Å². The minimum atomic E-state index is -0.143. The molecule has 3 N–H and O–H groups in total. The van der Waals surface area contributed by atoms with Gasteiger partial charge in [0.1, 0.15) is 0 Å². The molecule has 0 aliphatic carbocycles. The maximum absolute atomic E-state index is 5.74. The minimum absolute atomic E-state index is 0.143. The number of nitrogens with zero attached hydrogens (tertiary/aromatic N) is 1. The highest BCUT2D eigenvalue weighted by molar-refractivity contribution is 9.10. The van der Waals surface area contributed by atoms with E-state index in [4.69, 9.17) is 5.84 Å². The Labute approximate surface area is 125 Å². The van der Waals surface area contributed by atoms with Crippen LogP contribution in [0.2, 0.25) is 0 Å². The number of hydrazine groups is 1. The topological polar surface area (TPSA) is 50.9 Å². The first-order chi connectivity index (χ1) is 9.79. The summed E-state index contributed by atoms with van der Waals surface area (Å²) in [7, 11) is 0. The Balaban J connectivity index is 2.10. The summed E-state index contributed by atoms with van der Waals surface area (Å²) >= 11 is 3.53. The first-order valence-corrected chi connectivity index (χ1v) is 7.14. The van der Waals surface area contributed by atoms with Crippen molar-refractivity contribution < 1.29 is 0 Å². The van der Waals surface area contributed by atoms with Crippen molar-refractivity contribution in [2.45, 2.75) is 6.04 Å². The van der Waals surface area contributed by atoms with Crippen molar-refractivity contribution in [3.8, 4) is 0 Å². The fourth-order valence-electron chi connectivity index (χ4n) is 2.33. The number of halogens is 1. The third-order valence-electron chi connectivity index (χ3n) is 3.33. The van der Waals surface area contributed by atoms with Gasteiger partial charge in [-0.25, -0.2) is 5.43 Å². The molecule has 100 valence electrons. The van der Waals surface area contributed by atoms with Crippen LogP contribution in [0.15, 0.2) is 65.3 Å². The molecule has 0 spiro atoms. The average molecular weight is 328 g/mol. The van der Waals surface area contributed by atoms with Gasteiger partial charge in [0.25, 0.3) is 0 Å². The van der Waals surface area contributed by atoms with Crippen molar-refractivity contribution in [1.82, 2.24) is 10.4 Å². The molecule has 0 fully saturated rings. The van der Waals surface area contributed by atoms with Gasteiger partial charge in [0, 0.05) is 10.7 Å². The Morgan fingerprint density at radius 1 is 1.00 bits per heavy atom. The first kappa shape index (κ1) is 13.2. The van der Waals surface area contributed by atoms with E-state index in [1.54, 1.807) is 6.20 Å². The number of benzene rings is 2. The van der Waals surface area contributed by atoms with E-state index >= 15 is 0 Å². The number of aromatic nitrogens is 1. The van der Waals surface area contributed by atoms with Crippen LogP contribution >= 0.6 is 15.9 Å². The second-order valence-electron chi connectivity index (χ2n) is 4.58. The van der Waals surface area contributed by atoms with Gasteiger partial charge in [0.15, 0.2) is 0 Å². The number of pyridine rings is 1. The van der Waals surface area contributed by atoms with Gasteiger partial charge in [-0.05, 0) is 50.5 Å². The van der Waals surface area contributed by atoms with E-state index in [-0.39, 0.29) is 6.04 Å². The highest BCUT2D eigenvalue weighted by Gasteiger charge is 2.16. The van der Waals surface area contributed by atoms with Crippen LogP contribution in [0.25, 0.3) is 10.8 Å². The van der Waals surface area contributed by atoms with Crippen LogP contribution in [0, 0.1) is 0 Å². The summed E-state index contributed by atoms with van der Waals surface area (Å²) in [5.41, 5.74) is 4.82. The molecular formula is C16H14BrN3. The van der Waals surface area contributed by atoms with Crippen molar-refractivity contribution >= 4 is 26.7 Å². The highest BCUT2D eigenvalue weighted by Crippen LogP contribution is 2.28. The lowest BCUT2D eigenvalue weighted by Gasteiger charge is -2.17. The monoisotopic (exact) mass is 327 g/mol. The fourth-order valence-corrected chi connectivity index (χ4v) is 2.81. The molecule has 1 atom stereocenters. The number of nitrogens with two attached hydrogens (primary N) is 1. The lowest BCUT2D eigenvalue weighted by molar-refractivity contribution is 0.618. The van der Waals surface area contributed by atoms with Crippen LogP contribution < -0.4 is 11.3 Å². The van der Waals surface area contributed by atoms with Crippen molar-refractivity contribution in [3.05, 3.63) is 76.5 Å². The van der Waals surface area contributed by atoms with Crippen molar-refractivity contribution in [2.24, 2.45) is 5.84 Å². The van der Waals surface area contributed by atoms with Gasteiger partial charge in [0.2, 0.25) is 0 Å². The van der Waals surface area contributed by atoms with E-state index in [0.29, 0.717) is 0 Å². The van der Waals surface area contributed by atoms with Crippen LogP contribution in [-0.4, -0.2) is 4.98 Å². The summed E-state index contributed by atoms with van der Waals surface area (Å²) in [5.74, 6) is 5.74. The molecule has 0 bridgehead atoms. The van der Waals surface area contributed by atoms with Gasteiger partial charge in [-0.1, -0.05) is 36.4 Å². The molecule has 1 aromatic heterocycles. The van der Waals surface area contributed by atoms with E-state index in [1.165, 1.54) is 10.8 Å². The van der Waals surface area contributed by atoms with Crippen LogP contribution in [0.1, 0.15) is 17.3 Å². The number of nitrogens with one attached hydrogen (secondary N) is 1. The summed E-state index contributed by atoms with van der Waals surface area (Å²) in [6, 6.07) is 18.3. The van der Waals surface area contributed by atoms with Crippen molar-refractivity contribution in [1.29, 1.82) is 0 Å². The van der Waals surface area contributed by atoms with Gasteiger partial charge in [0.05, 0.1) is 11.7 Å². The number of fused-ring (bicyclic) bond motifs is 1. The van der Waals surface area contributed by atoms with E-state index < -0.39 is 0 Å². The van der Waals surface area contributed by atoms with Crippen LogP contribution in [0.5, 0.6) is 0 Å². The van der Waals surface area contributed by atoms with Crippen molar-refractivity contribution in [3.63, 3.8) is 0 Å². The number of rotatable bonds is 3. The van der Waals surface area contributed by atoms with Gasteiger partial charge >= 0.3 is 0 Å². The first-order valence-electron chi connectivity index (χ1n) is 6.35. The molecule has 2 aromatic carbocycles. The largest absolute Gasteiger partial charge is 0.271 e. The molecule has 20 heavy (non-hydrogen) atoms. The molecule has 0 saturated heterocycles. The molecule has 0 aliphatic heterocycles. The zero-order valence-corrected chi connectivity index (χ0v) is 12.3. The van der Waals surface area contributed by atoms with Gasteiger partial charge in [-0.15, -0.1) is 0 Å². The van der Waals surface area contributed by atoms with Crippen LogP contribution in [0.3, 0.4) is 0 Å². The molecule has 0 saturated carbocycles. The standard InChI is InChI=1S/C16H14BrN3/c17-14-6-3-9-19-16(14)15(20-18)13-8-7-11-4-1-2-5-12(11)10-13/h1-10,15,20H,18H2. The lowest BCUT2D eigenvalue weighted by Crippen LogP contribution is -2.29. The molecule has 3 aromatic rings. The highest BCUT2D eigenvalue weighted by atomic mass is 79.9. The Morgan fingerprint density at radius 2 is 1.80 bits per heavy atom. The minimum Gasteiger partial charge on any atom is -0.271 e. The number of hydrogen-bond acceptors (Lipinski definition) is 3. The maximum Gasteiger partial charge on any atom is 0.0893 e. The van der Waals surface area contributed by atoms with E-state index in [0.717, 1.165) is 15.7 Å². The summed E-state index contributed by atoms with van der Waals surface area (Å²) in [4.78, 5) is 4.42. The third-order valence-corrected chi connectivity index (χ3v) is 4.00. The summed E-state index contributed by atoms with van der Waals surface area (Å²) in [5, 5.41) is 2.41. The summed E-state index contributed by atoms with van der Waals surface area (Å²) in [6.07, 6.45) is 1.77. The van der Waals surface area contributed by atoms with Crippen LogP contribution in [-0.2, 0) is 0 Å². The summed E-state index contributed by atoms with van der Waals surface area (Å²) < 4.78 is 0.941. The predicted molar refractivity (Wildman–Crippen MR) is 85.1 cm³/mol. The predicted octanol–water partition coefficient (Wildman–Crippen LogP) is 3.55. The quantitative estimate of drug-likeness (QED) is 0.571. The Hall–Kier alpha value is -1.75. The molecule has 0 amide bonds. The third kappa shape index (κ3) is 2.45. The lowest BCUT2D eigenvalue weighted by atomic mass is 10.00. The molecule has 1 heterocycles. The van der Waals surface area contributed by atoms with Gasteiger partial charge in [-0.2, -0.15) is 0 Å². The molecule has 4 heteroatoms. The normalized spacial score (nSPS) is 12.5. The smallest absolute Gasteiger partial charge is 0.0893 e. The molecule has 0 radical (unpaired) electrons. The molecule has 1 unspecified atom stereocenters. The van der Waals surface area contributed by atoms with Gasteiger partial charge < -0.3 is 0 Å². The second kappa shape index (κ2) is 5.71. The van der Waals surface area contributed by atoms with Crippen LogP contribution in [0.4, 0.5) is 0 Å². The Morgan fingerprint density at radius 3 is 2.55 bits per heavy atom. The molecule has 0 aliphatic rings.